The lowest BCUT2D eigenvalue weighted by Gasteiger charge is -2.24. The quantitative estimate of drug-likeness (QED) is 0.505. The molecule has 0 N–H and O–H groups in total. The van der Waals surface area contributed by atoms with Gasteiger partial charge in [-0.1, -0.05) is 17.3 Å². The number of likely N-dealkylation sites (tertiary alicyclic amines) is 1. The van der Waals surface area contributed by atoms with Gasteiger partial charge in [-0.15, -0.1) is 5.10 Å². The Morgan fingerprint density at radius 1 is 1.11 bits per heavy atom. The summed E-state index contributed by atoms with van der Waals surface area (Å²) in [5.41, 5.74) is 0.0141. The van der Waals surface area contributed by atoms with Crippen molar-refractivity contribution in [3.8, 4) is 11.3 Å². The van der Waals surface area contributed by atoms with Crippen LogP contribution in [-0.4, -0.2) is 55.3 Å². The number of halogens is 3. The summed E-state index contributed by atoms with van der Waals surface area (Å²) >= 11 is 0. The van der Waals surface area contributed by atoms with Crippen molar-refractivity contribution in [3.05, 3.63) is 70.3 Å². The predicted octanol–water partition coefficient (Wildman–Crippen LogP) is 4.04. The fraction of sp³-hybridized carbons (Fsp3) is 0.440. The van der Waals surface area contributed by atoms with Crippen molar-refractivity contribution in [2.24, 2.45) is 7.05 Å². The van der Waals surface area contributed by atoms with Crippen molar-refractivity contribution < 1.29 is 27.4 Å². The van der Waals surface area contributed by atoms with Gasteiger partial charge in [-0.2, -0.15) is 13.2 Å². The third kappa shape index (κ3) is 6.37. The van der Waals surface area contributed by atoms with Crippen molar-refractivity contribution >= 4 is 6.09 Å². The molecule has 1 aliphatic heterocycles. The molecule has 0 radical (unpaired) electrons. The Hall–Kier alpha value is -3.67. The first-order valence-corrected chi connectivity index (χ1v) is 11.6. The number of hydrogen-bond acceptors (Lipinski definition) is 6. The smallest absolute Gasteiger partial charge is 0.416 e. The Balaban J connectivity index is 1.54. The second kappa shape index (κ2) is 10.0. The standard InChI is InChI=1S/C25H28F3N5O4/c1-24(2,3)37-23(35)32-13-20(33-12-19(29-30-33)17-9-10-31(4)22(34)11-17)21(14-32)36-15-16-5-7-18(8-6-16)25(26,27)28/h5-12,20-21H,13-15H2,1-4H3. The van der Waals surface area contributed by atoms with E-state index in [2.05, 4.69) is 10.3 Å². The van der Waals surface area contributed by atoms with Gasteiger partial charge in [-0.05, 0) is 44.5 Å². The third-order valence-corrected chi connectivity index (χ3v) is 5.88. The summed E-state index contributed by atoms with van der Waals surface area (Å²) < 4.78 is 53.2. The normalized spacial score (nSPS) is 18.3. The van der Waals surface area contributed by atoms with Crippen LogP contribution in [0.4, 0.5) is 18.0 Å². The van der Waals surface area contributed by atoms with Crippen LogP contribution in [0.3, 0.4) is 0 Å². The molecule has 0 bridgehead atoms. The van der Waals surface area contributed by atoms with Gasteiger partial charge in [0.05, 0.1) is 37.1 Å². The number of carbonyl (C=O) groups excluding carboxylic acids is 1. The minimum atomic E-state index is -4.42. The van der Waals surface area contributed by atoms with Gasteiger partial charge in [0.1, 0.15) is 11.3 Å². The number of ether oxygens (including phenoxy) is 2. The molecule has 1 amide bonds. The van der Waals surface area contributed by atoms with Gasteiger partial charge in [0.25, 0.3) is 5.56 Å². The summed E-state index contributed by atoms with van der Waals surface area (Å²) in [6, 6.07) is 7.50. The van der Waals surface area contributed by atoms with Gasteiger partial charge in [0.2, 0.25) is 0 Å². The third-order valence-electron chi connectivity index (χ3n) is 5.88. The Bertz CT molecular complexity index is 1310. The average Bonchev–Trinajstić information content (AvgIpc) is 3.45. The molecule has 1 saturated heterocycles. The van der Waals surface area contributed by atoms with Crippen LogP contribution >= 0.6 is 0 Å². The Morgan fingerprint density at radius 3 is 2.43 bits per heavy atom. The molecule has 0 saturated carbocycles. The summed E-state index contributed by atoms with van der Waals surface area (Å²) in [5, 5.41) is 8.40. The Morgan fingerprint density at radius 2 is 1.81 bits per heavy atom. The van der Waals surface area contributed by atoms with Gasteiger partial charge < -0.3 is 18.9 Å². The van der Waals surface area contributed by atoms with Crippen LogP contribution in [0.1, 0.15) is 37.9 Å². The minimum absolute atomic E-state index is 0.0394. The lowest BCUT2D eigenvalue weighted by Crippen LogP contribution is -2.36. The first-order chi connectivity index (χ1) is 17.3. The molecule has 2 aromatic heterocycles. The van der Waals surface area contributed by atoms with Gasteiger partial charge >= 0.3 is 12.3 Å². The van der Waals surface area contributed by atoms with E-state index in [9.17, 15) is 22.8 Å². The van der Waals surface area contributed by atoms with Gasteiger partial charge in [-0.25, -0.2) is 9.48 Å². The summed E-state index contributed by atoms with van der Waals surface area (Å²) in [4.78, 5) is 26.3. The van der Waals surface area contributed by atoms with Crippen LogP contribution in [0.25, 0.3) is 11.3 Å². The predicted molar refractivity (Wildman–Crippen MR) is 128 cm³/mol. The highest BCUT2D eigenvalue weighted by Gasteiger charge is 2.40. The van der Waals surface area contributed by atoms with Crippen molar-refractivity contribution in [1.82, 2.24) is 24.5 Å². The fourth-order valence-electron chi connectivity index (χ4n) is 3.92. The maximum atomic E-state index is 12.9. The topological polar surface area (TPSA) is 91.5 Å². The fourth-order valence-corrected chi connectivity index (χ4v) is 3.92. The molecule has 1 aliphatic rings. The highest BCUT2D eigenvalue weighted by molar-refractivity contribution is 5.68. The molecule has 37 heavy (non-hydrogen) atoms. The van der Waals surface area contributed by atoms with Crippen molar-refractivity contribution in [1.29, 1.82) is 0 Å². The number of aromatic nitrogens is 4. The van der Waals surface area contributed by atoms with Crippen molar-refractivity contribution in [3.63, 3.8) is 0 Å². The Kier molecular flexibility index (Phi) is 7.13. The maximum absolute atomic E-state index is 12.9. The van der Waals surface area contributed by atoms with Gasteiger partial charge in [-0.3, -0.25) is 4.79 Å². The Labute approximate surface area is 211 Å². The molecule has 0 aliphatic carbocycles. The number of pyridine rings is 1. The summed E-state index contributed by atoms with van der Waals surface area (Å²) in [5.74, 6) is 0. The number of rotatable bonds is 5. The monoisotopic (exact) mass is 519 g/mol. The van der Waals surface area contributed by atoms with E-state index in [0.29, 0.717) is 16.8 Å². The minimum Gasteiger partial charge on any atom is -0.444 e. The highest BCUT2D eigenvalue weighted by Crippen LogP contribution is 2.30. The first-order valence-electron chi connectivity index (χ1n) is 11.6. The second-order valence-electron chi connectivity index (χ2n) is 9.95. The van der Waals surface area contributed by atoms with Crippen molar-refractivity contribution in [2.75, 3.05) is 13.1 Å². The van der Waals surface area contributed by atoms with Gasteiger partial charge in [0, 0.05) is 31.4 Å². The molecular formula is C25H28F3N5O4. The number of nitrogens with zero attached hydrogens (tertiary/aromatic N) is 5. The number of amides is 1. The number of hydrogen-bond donors (Lipinski definition) is 0. The van der Waals surface area contributed by atoms with Crippen LogP contribution in [-0.2, 0) is 29.3 Å². The molecule has 2 atom stereocenters. The molecule has 12 heteroatoms. The summed E-state index contributed by atoms with van der Waals surface area (Å²) in [6.45, 7) is 5.77. The largest absolute Gasteiger partial charge is 0.444 e. The molecule has 9 nitrogen and oxygen atoms in total. The van der Waals surface area contributed by atoms with Crippen LogP contribution in [0.15, 0.2) is 53.6 Å². The second-order valence-corrected chi connectivity index (χ2v) is 9.95. The molecule has 3 heterocycles. The first kappa shape index (κ1) is 26.4. The lowest BCUT2D eigenvalue weighted by atomic mass is 10.1. The molecule has 1 aromatic carbocycles. The van der Waals surface area contributed by atoms with Crippen LogP contribution in [0.5, 0.6) is 0 Å². The van der Waals surface area contributed by atoms with Crippen LogP contribution in [0.2, 0.25) is 0 Å². The number of carbonyl (C=O) groups is 1. The van der Waals surface area contributed by atoms with Gasteiger partial charge in [0.15, 0.2) is 0 Å². The van der Waals surface area contributed by atoms with Crippen LogP contribution < -0.4 is 5.56 Å². The summed E-state index contributed by atoms with van der Waals surface area (Å²) in [6.07, 6.45) is -2.16. The van der Waals surface area contributed by atoms with Crippen molar-refractivity contribution in [2.45, 2.75) is 51.3 Å². The van der Waals surface area contributed by atoms with E-state index in [4.69, 9.17) is 9.47 Å². The average molecular weight is 520 g/mol. The number of alkyl halides is 3. The molecule has 198 valence electrons. The SMILES string of the molecule is Cn1ccc(-c2cn(C3CN(C(=O)OC(C)(C)C)CC3OCc3ccc(C(F)(F)F)cc3)nn2)cc1=O. The molecule has 4 rings (SSSR count). The maximum Gasteiger partial charge on any atom is 0.416 e. The molecule has 1 fully saturated rings. The zero-order valence-corrected chi connectivity index (χ0v) is 20.9. The van der Waals surface area contributed by atoms with E-state index >= 15 is 0 Å². The molecular weight excluding hydrogens is 491 g/mol. The summed E-state index contributed by atoms with van der Waals surface area (Å²) in [7, 11) is 1.64. The highest BCUT2D eigenvalue weighted by atomic mass is 19.4. The number of benzene rings is 1. The number of aryl methyl sites for hydroxylation is 1. The molecule has 2 unspecified atom stereocenters. The zero-order valence-electron chi connectivity index (χ0n) is 20.9. The van der Waals surface area contributed by atoms with Crippen LogP contribution in [0, 0.1) is 0 Å². The van der Waals surface area contributed by atoms with E-state index in [1.807, 2.05) is 0 Å². The van der Waals surface area contributed by atoms with E-state index < -0.39 is 35.6 Å². The molecule has 3 aromatic rings. The van der Waals surface area contributed by atoms with E-state index in [0.717, 1.165) is 12.1 Å². The zero-order chi connectivity index (χ0) is 27.0. The van der Waals surface area contributed by atoms with E-state index in [1.54, 1.807) is 51.0 Å². The van der Waals surface area contributed by atoms with E-state index in [-0.39, 0.29) is 25.3 Å². The molecule has 0 spiro atoms. The lowest BCUT2D eigenvalue weighted by molar-refractivity contribution is -0.137. The van der Waals surface area contributed by atoms with E-state index in [1.165, 1.54) is 27.7 Å².